The highest BCUT2D eigenvalue weighted by atomic mass is 16.3. The molecule has 1 rings (SSSR count). The van der Waals surface area contributed by atoms with E-state index in [9.17, 15) is 4.79 Å². The molecule has 0 amide bonds. The van der Waals surface area contributed by atoms with Crippen LogP contribution in [0.25, 0.3) is 0 Å². The summed E-state index contributed by atoms with van der Waals surface area (Å²) in [7, 11) is 0. The Labute approximate surface area is 88.7 Å². The maximum Gasteiger partial charge on any atom is 0.202 e. The molecule has 4 heteroatoms. The Morgan fingerprint density at radius 3 is 2.87 bits per heavy atom. The number of aliphatic hydroxyl groups is 1. The van der Waals surface area contributed by atoms with Crippen molar-refractivity contribution in [1.82, 2.24) is 10.3 Å². The van der Waals surface area contributed by atoms with Crippen LogP contribution in [-0.4, -0.2) is 28.6 Å². The van der Waals surface area contributed by atoms with Crippen molar-refractivity contribution < 1.29 is 9.90 Å². The molecule has 0 radical (unpaired) electrons. The van der Waals surface area contributed by atoms with Gasteiger partial charge in [0, 0.05) is 6.20 Å². The van der Waals surface area contributed by atoms with E-state index in [4.69, 9.17) is 5.11 Å². The minimum Gasteiger partial charge on any atom is -0.381 e. The van der Waals surface area contributed by atoms with Crippen LogP contribution >= 0.6 is 0 Å². The van der Waals surface area contributed by atoms with E-state index < -0.39 is 6.04 Å². The minimum atomic E-state index is -0.579. The molecule has 0 aliphatic rings. The zero-order valence-electron chi connectivity index (χ0n) is 8.60. The number of nitrogens with zero attached hydrogens (tertiary/aromatic N) is 1. The van der Waals surface area contributed by atoms with Gasteiger partial charge < -0.3 is 5.11 Å². The summed E-state index contributed by atoms with van der Waals surface area (Å²) in [5.41, 5.74) is 1.02. The molecule has 0 bridgehead atoms. The molecule has 0 saturated carbocycles. The summed E-state index contributed by atoms with van der Waals surface area (Å²) in [6.07, 6.45) is 1.56. The van der Waals surface area contributed by atoms with Crippen molar-refractivity contribution in [2.24, 2.45) is 0 Å². The van der Waals surface area contributed by atoms with E-state index in [-0.39, 0.29) is 12.5 Å². The number of pyridine rings is 1. The largest absolute Gasteiger partial charge is 0.381 e. The van der Waals surface area contributed by atoms with E-state index in [1.54, 1.807) is 31.3 Å². The van der Waals surface area contributed by atoms with Crippen LogP contribution in [-0.2, 0) is 0 Å². The molecule has 1 atom stereocenters. The molecule has 0 spiro atoms. The van der Waals surface area contributed by atoms with E-state index in [1.165, 1.54) is 0 Å². The molecule has 4 nitrogen and oxygen atoms in total. The number of ketones is 1. The zero-order valence-corrected chi connectivity index (χ0v) is 8.60. The number of hydrogen-bond donors (Lipinski definition) is 2. The van der Waals surface area contributed by atoms with Crippen molar-refractivity contribution in [2.75, 3.05) is 6.73 Å². The molecule has 1 aromatic rings. The quantitative estimate of drug-likeness (QED) is 0.424. The summed E-state index contributed by atoms with van der Waals surface area (Å²) in [4.78, 5) is 15.8. The highest BCUT2D eigenvalue weighted by molar-refractivity contribution is 6.00. The fourth-order valence-corrected chi connectivity index (χ4v) is 1.24. The van der Waals surface area contributed by atoms with Gasteiger partial charge in [-0.05, 0) is 19.1 Å². The van der Waals surface area contributed by atoms with Gasteiger partial charge in [0.25, 0.3) is 0 Å². The lowest BCUT2D eigenvalue weighted by Gasteiger charge is -2.15. The third-order valence-electron chi connectivity index (χ3n) is 1.97. The number of rotatable bonds is 5. The lowest BCUT2D eigenvalue weighted by atomic mass is 10.0. The van der Waals surface area contributed by atoms with Crippen molar-refractivity contribution >= 4 is 5.78 Å². The Morgan fingerprint density at radius 2 is 2.40 bits per heavy atom. The molecule has 0 aromatic carbocycles. The van der Waals surface area contributed by atoms with Crippen molar-refractivity contribution in [3.8, 4) is 0 Å². The standard InChI is InChI=1S/C11H14N2O2/c1-8(2)10(13-7-14)11(15)9-5-3-4-6-12-9/h3-6,10,13-14H,1,7H2,2H3/t10-/m0/s1. The Balaban J connectivity index is 2.86. The molecule has 0 aliphatic carbocycles. The molecule has 1 aromatic heterocycles. The fraction of sp³-hybridized carbons (Fsp3) is 0.273. The zero-order chi connectivity index (χ0) is 11.3. The van der Waals surface area contributed by atoms with Crippen LogP contribution in [0.2, 0.25) is 0 Å². The molecule has 80 valence electrons. The van der Waals surface area contributed by atoms with Crippen LogP contribution in [0, 0.1) is 0 Å². The first-order valence-corrected chi connectivity index (χ1v) is 4.61. The van der Waals surface area contributed by atoms with Gasteiger partial charge in [0.1, 0.15) is 5.69 Å². The SMILES string of the molecule is C=C(C)[C@H](NCO)C(=O)c1ccccn1. The predicted octanol–water partition coefficient (Wildman–Crippen LogP) is 0.748. The van der Waals surface area contributed by atoms with Gasteiger partial charge in [-0.25, -0.2) is 0 Å². The lowest BCUT2D eigenvalue weighted by Crippen LogP contribution is -2.38. The first-order chi connectivity index (χ1) is 7.16. The number of nitrogens with one attached hydrogen (secondary N) is 1. The first kappa shape index (κ1) is 11.6. The number of hydrogen-bond acceptors (Lipinski definition) is 4. The normalized spacial score (nSPS) is 12.1. The van der Waals surface area contributed by atoms with Crippen molar-refractivity contribution in [3.05, 3.63) is 42.2 Å². The number of aliphatic hydroxyl groups excluding tert-OH is 1. The maximum atomic E-state index is 11.9. The van der Waals surface area contributed by atoms with Crippen molar-refractivity contribution in [1.29, 1.82) is 0 Å². The maximum absolute atomic E-state index is 11.9. The molecule has 0 unspecified atom stereocenters. The summed E-state index contributed by atoms with van der Waals surface area (Å²) < 4.78 is 0. The Morgan fingerprint density at radius 1 is 1.67 bits per heavy atom. The van der Waals surface area contributed by atoms with E-state index in [1.807, 2.05) is 0 Å². The molecular weight excluding hydrogens is 192 g/mol. The van der Waals surface area contributed by atoms with Crippen LogP contribution in [0.15, 0.2) is 36.5 Å². The second-order valence-electron chi connectivity index (χ2n) is 3.22. The summed E-state index contributed by atoms with van der Waals surface area (Å²) in [6, 6.07) is 4.54. The first-order valence-electron chi connectivity index (χ1n) is 4.61. The molecule has 0 fully saturated rings. The summed E-state index contributed by atoms with van der Waals surface area (Å²) in [5, 5.41) is 11.4. The van der Waals surface area contributed by atoms with Gasteiger partial charge in [-0.3, -0.25) is 15.1 Å². The van der Waals surface area contributed by atoms with Gasteiger partial charge in [0.05, 0.1) is 12.8 Å². The van der Waals surface area contributed by atoms with Gasteiger partial charge in [-0.1, -0.05) is 18.2 Å². The fourth-order valence-electron chi connectivity index (χ4n) is 1.24. The molecule has 15 heavy (non-hydrogen) atoms. The van der Waals surface area contributed by atoms with Crippen LogP contribution < -0.4 is 5.32 Å². The van der Waals surface area contributed by atoms with E-state index in [0.717, 1.165) is 0 Å². The summed E-state index contributed by atoms with van der Waals surface area (Å²) in [6.45, 7) is 5.16. The van der Waals surface area contributed by atoms with Gasteiger partial charge in [-0.2, -0.15) is 0 Å². The lowest BCUT2D eigenvalue weighted by molar-refractivity contribution is 0.0935. The second kappa shape index (κ2) is 5.38. The average Bonchev–Trinajstić information content (AvgIpc) is 2.26. The van der Waals surface area contributed by atoms with Crippen molar-refractivity contribution in [3.63, 3.8) is 0 Å². The highest BCUT2D eigenvalue weighted by Crippen LogP contribution is 2.06. The summed E-state index contributed by atoms with van der Waals surface area (Å²) >= 11 is 0. The third-order valence-corrected chi connectivity index (χ3v) is 1.97. The number of Topliss-reactive ketones (excluding diaryl/α,β-unsaturated/α-hetero) is 1. The van der Waals surface area contributed by atoms with Crippen LogP contribution in [0.4, 0.5) is 0 Å². The van der Waals surface area contributed by atoms with E-state index >= 15 is 0 Å². The Bertz CT molecular complexity index is 349. The van der Waals surface area contributed by atoms with E-state index in [0.29, 0.717) is 11.3 Å². The monoisotopic (exact) mass is 206 g/mol. The molecular formula is C11H14N2O2. The number of carbonyl (C=O) groups is 1. The Hall–Kier alpha value is -1.52. The smallest absolute Gasteiger partial charge is 0.202 e. The van der Waals surface area contributed by atoms with Gasteiger partial charge in [0.2, 0.25) is 5.78 Å². The topological polar surface area (TPSA) is 62.2 Å². The van der Waals surface area contributed by atoms with Crippen LogP contribution in [0.3, 0.4) is 0 Å². The molecule has 2 N–H and O–H groups in total. The van der Waals surface area contributed by atoms with Gasteiger partial charge in [-0.15, -0.1) is 0 Å². The van der Waals surface area contributed by atoms with Gasteiger partial charge in [0.15, 0.2) is 0 Å². The molecule has 0 saturated heterocycles. The molecule has 1 heterocycles. The van der Waals surface area contributed by atoms with E-state index in [2.05, 4.69) is 16.9 Å². The third kappa shape index (κ3) is 2.97. The molecule has 0 aliphatic heterocycles. The van der Waals surface area contributed by atoms with Crippen LogP contribution in [0.5, 0.6) is 0 Å². The predicted molar refractivity (Wildman–Crippen MR) is 57.4 cm³/mol. The second-order valence-corrected chi connectivity index (χ2v) is 3.22. The highest BCUT2D eigenvalue weighted by Gasteiger charge is 2.20. The summed E-state index contributed by atoms with van der Waals surface area (Å²) in [5.74, 6) is -0.183. The average molecular weight is 206 g/mol. The number of carbonyl (C=O) groups excluding carboxylic acids is 1. The van der Waals surface area contributed by atoms with Crippen LogP contribution in [0.1, 0.15) is 17.4 Å². The Kier molecular flexibility index (Phi) is 4.15. The van der Waals surface area contributed by atoms with Gasteiger partial charge >= 0.3 is 0 Å². The van der Waals surface area contributed by atoms with Crippen molar-refractivity contribution in [2.45, 2.75) is 13.0 Å². The minimum absolute atomic E-state index is 0.183. The number of aromatic nitrogens is 1.